The van der Waals surface area contributed by atoms with E-state index in [2.05, 4.69) is 5.32 Å². The van der Waals surface area contributed by atoms with E-state index >= 15 is 0 Å². The first-order valence-corrected chi connectivity index (χ1v) is 8.25. The van der Waals surface area contributed by atoms with Gasteiger partial charge in [0.1, 0.15) is 5.60 Å². The lowest BCUT2D eigenvalue weighted by Gasteiger charge is -2.21. The SMILES string of the molecule is Cc1ccc(NC(=O)OC(C)(C)C)cc1CN1CC(CN)CC1=O. The molecule has 1 aromatic rings. The van der Waals surface area contributed by atoms with E-state index in [0.717, 1.165) is 11.1 Å². The van der Waals surface area contributed by atoms with E-state index in [4.69, 9.17) is 10.5 Å². The van der Waals surface area contributed by atoms with E-state index in [9.17, 15) is 9.59 Å². The molecule has 3 N–H and O–H groups in total. The summed E-state index contributed by atoms with van der Waals surface area (Å²) in [6.45, 7) is 9.21. The van der Waals surface area contributed by atoms with Crippen LogP contribution in [-0.4, -0.2) is 35.6 Å². The van der Waals surface area contributed by atoms with Crippen molar-refractivity contribution in [3.05, 3.63) is 29.3 Å². The molecule has 1 saturated heterocycles. The fourth-order valence-corrected chi connectivity index (χ4v) is 2.71. The van der Waals surface area contributed by atoms with E-state index in [0.29, 0.717) is 31.7 Å². The first-order valence-electron chi connectivity index (χ1n) is 8.25. The smallest absolute Gasteiger partial charge is 0.412 e. The summed E-state index contributed by atoms with van der Waals surface area (Å²) in [5, 5.41) is 2.74. The van der Waals surface area contributed by atoms with Crippen LogP contribution in [0.15, 0.2) is 18.2 Å². The Morgan fingerprint density at radius 2 is 2.12 bits per heavy atom. The molecule has 0 aromatic heterocycles. The minimum Gasteiger partial charge on any atom is -0.444 e. The monoisotopic (exact) mass is 333 g/mol. The number of benzene rings is 1. The molecule has 2 amide bonds. The molecule has 1 aromatic carbocycles. The average Bonchev–Trinajstić information content (AvgIpc) is 2.81. The summed E-state index contributed by atoms with van der Waals surface area (Å²) < 4.78 is 5.26. The highest BCUT2D eigenvalue weighted by Gasteiger charge is 2.28. The van der Waals surface area contributed by atoms with Crippen molar-refractivity contribution >= 4 is 17.7 Å². The molecule has 6 heteroatoms. The number of aryl methyl sites for hydroxylation is 1. The summed E-state index contributed by atoms with van der Waals surface area (Å²) >= 11 is 0. The summed E-state index contributed by atoms with van der Waals surface area (Å²) in [6, 6.07) is 5.66. The number of ether oxygens (including phenoxy) is 1. The lowest BCUT2D eigenvalue weighted by Crippen LogP contribution is -2.27. The molecule has 1 aliphatic rings. The van der Waals surface area contributed by atoms with E-state index in [-0.39, 0.29) is 11.8 Å². The van der Waals surface area contributed by atoms with Crippen molar-refractivity contribution in [2.75, 3.05) is 18.4 Å². The summed E-state index contributed by atoms with van der Waals surface area (Å²) in [6.07, 6.45) is 0.0310. The summed E-state index contributed by atoms with van der Waals surface area (Å²) in [7, 11) is 0. The zero-order chi connectivity index (χ0) is 17.9. The van der Waals surface area contributed by atoms with Crippen LogP contribution in [0, 0.1) is 12.8 Å². The van der Waals surface area contributed by atoms with Crippen LogP contribution in [0.1, 0.15) is 38.3 Å². The van der Waals surface area contributed by atoms with Gasteiger partial charge >= 0.3 is 6.09 Å². The van der Waals surface area contributed by atoms with Gasteiger partial charge in [0.25, 0.3) is 0 Å². The van der Waals surface area contributed by atoms with Crippen molar-refractivity contribution in [3.8, 4) is 0 Å². The lowest BCUT2D eigenvalue weighted by atomic mass is 10.1. The topological polar surface area (TPSA) is 84.7 Å². The lowest BCUT2D eigenvalue weighted by molar-refractivity contribution is -0.128. The van der Waals surface area contributed by atoms with Crippen LogP contribution < -0.4 is 11.1 Å². The Bertz CT molecular complexity index is 622. The first-order chi connectivity index (χ1) is 11.2. The van der Waals surface area contributed by atoms with Crippen molar-refractivity contribution in [2.24, 2.45) is 11.7 Å². The van der Waals surface area contributed by atoms with Crippen LogP contribution in [0.5, 0.6) is 0 Å². The Balaban J connectivity index is 2.06. The molecule has 6 nitrogen and oxygen atoms in total. The molecular formula is C18H27N3O3. The molecule has 1 unspecified atom stereocenters. The Hall–Kier alpha value is -2.08. The molecular weight excluding hydrogens is 306 g/mol. The van der Waals surface area contributed by atoms with E-state index in [1.807, 2.05) is 50.8 Å². The molecule has 2 rings (SSSR count). The Kier molecular flexibility index (Phi) is 5.49. The van der Waals surface area contributed by atoms with Crippen molar-refractivity contribution in [1.29, 1.82) is 0 Å². The Labute approximate surface area is 143 Å². The maximum absolute atomic E-state index is 12.1. The van der Waals surface area contributed by atoms with Gasteiger partial charge in [-0.3, -0.25) is 10.1 Å². The normalized spacial score (nSPS) is 18.0. The van der Waals surface area contributed by atoms with Crippen LogP contribution in [0.25, 0.3) is 0 Å². The van der Waals surface area contributed by atoms with E-state index in [1.165, 1.54) is 0 Å². The average molecular weight is 333 g/mol. The number of nitrogens with two attached hydrogens (primary N) is 1. The maximum atomic E-state index is 12.1. The Morgan fingerprint density at radius 1 is 1.42 bits per heavy atom. The second-order valence-electron chi connectivity index (χ2n) is 7.35. The zero-order valence-corrected chi connectivity index (χ0v) is 14.9. The second kappa shape index (κ2) is 7.21. The summed E-state index contributed by atoms with van der Waals surface area (Å²) in [5.74, 6) is 0.372. The number of rotatable bonds is 4. The molecule has 1 aliphatic heterocycles. The molecule has 0 spiro atoms. The molecule has 1 heterocycles. The highest BCUT2D eigenvalue weighted by molar-refractivity contribution is 5.85. The van der Waals surface area contributed by atoms with Crippen molar-refractivity contribution in [2.45, 2.75) is 46.3 Å². The number of nitrogens with one attached hydrogen (secondary N) is 1. The fourth-order valence-electron chi connectivity index (χ4n) is 2.71. The minimum absolute atomic E-state index is 0.135. The third-order valence-corrected chi connectivity index (χ3v) is 3.98. The van der Waals surface area contributed by atoms with Crippen molar-refractivity contribution < 1.29 is 14.3 Å². The highest BCUT2D eigenvalue weighted by atomic mass is 16.6. The predicted molar refractivity (Wildman–Crippen MR) is 93.6 cm³/mol. The van der Waals surface area contributed by atoms with Gasteiger partial charge in [0, 0.05) is 25.2 Å². The van der Waals surface area contributed by atoms with Gasteiger partial charge in [-0.15, -0.1) is 0 Å². The van der Waals surface area contributed by atoms with Gasteiger partial charge in [0.15, 0.2) is 0 Å². The molecule has 1 fully saturated rings. The fraction of sp³-hybridized carbons (Fsp3) is 0.556. The third-order valence-electron chi connectivity index (χ3n) is 3.98. The third kappa shape index (κ3) is 4.96. The number of nitrogens with zero attached hydrogens (tertiary/aromatic N) is 1. The molecule has 0 saturated carbocycles. The largest absolute Gasteiger partial charge is 0.444 e. The van der Waals surface area contributed by atoms with Gasteiger partial charge < -0.3 is 15.4 Å². The molecule has 132 valence electrons. The number of hydrogen-bond donors (Lipinski definition) is 2. The van der Waals surface area contributed by atoms with Crippen LogP contribution >= 0.6 is 0 Å². The van der Waals surface area contributed by atoms with Crippen LogP contribution in [0.3, 0.4) is 0 Å². The number of anilines is 1. The van der Waals surface area contributed by atoms with Crippen LogP contribution in [-0.2, 0) is 16.1 Å². The quantitative estimate of drug-likeness (QED) is 0.887. The molecule has 0 bridgehead atoms. The van der Waals surface area contributed by atoms with Crippen molar-refractivity contribution in [1.82, 2.24) is 4.90 Å². The zero-order valence-electron chi connectivity index (χ0n) is 14.9. The highest BCUT2D eigenvalue weighted by Crippen LogP contribution is 2.23. The number of carbonyl (C=O) groups is 2. The van der Waals surface area contributed by atoms with Gasteiger partial charge in [-0.1, -0.05) is 6.07 Å². The molecule has 1 atom stereocenters. The van der Waals surface area contributed by atoms with Crippen LogP contribution in [0.4, 0.5) is 10.5 Å². The minimum atomic E-state index is -0.545. The van der Waals surface area contributed by atoms with E-state index < -0.39 is 11.7 Å². The van der Waals surface area contributed by atoms with Gasteiger partial charge in [-0.05, 0) is 63.4 Å². The molecule has 24 heavy (non-hydrogen) atoms. The molecule has 0 aliphatic carbocycles. The van der Waals surface area contributed by atoms with Gasteiger partial charge in [0.05, 0.1) is 0 Å². The van der Waals surface area contributed by atoms with E-state index in [1.54, 1.807) is 0 Å². The van der Waals surface area contributed by atoms with Gasteiger partial charge in [-0.25, -0.2) is 4.79 Å². The summed E-state index contributed by atoms with van der Waals surface area (Å²) in [4.78, 5) is 25.8. The van der Waals surface area contributed by atoms with Gasteiger partial charge in [0.2, 0.25) is 5.91 Å². The summed E-state index contributed by atoms with van der Waals surface area (Å²) in [5.41, 5.74) is 7.87. The number of likely N-dealkylation sites (tertiary alicyclic amines) is 1. The standard InChI is InChI=1S/C18H27N3O3/c1-12-5-6-15(20-17(23)24-18(2,3)4)8-14(12)11-21-10-13(9-19)7-16(21)22/h5-6,8,13H,7,9-11,19H2,1-4H3,(H,20,23). The predicted octanol–water partition coefficient (Wildman–Crippen LogP) is 2.65. The van der Waals surface area contributed by atoms with Crippen molar-refractivity contribution in [3.63, 3.8) is 0 Å². The maximum Gasteiger partial charge on any atom is 0.412 e. The first kappa shape index (κ1) is 18.3. The number of hydrogen-bond acceptors (Lipinski definition) is 4. The Morgan fingerprint density at radius 3 is 2.71 bits per heavy atom. The second-order valence-corrected chi connectivity index (χ2v) is 7.35. The number of amides is 2. The van der Waals surface area contributed by atoms with Gasteiger partial charge in [-0.2, -0.15) is 0 Å². The number of carbonyl (C=O) groups excluding carboxylic acids is 2. The van der Waals surface area contributed by atoms with Crippen LogP contribution in [0.2, 0.25) is 0 Å². The molecule has 0 radical (unpaired) electrons.